The molecule has 0 aliphatic heterocycles. The van der Waals surface area contributed by atoms with E-state index < -0.39 is 0 Å². The van der Waals surface area contributed by atoms with Crippen LogP contribution in [-0.4, -0.2) is 23.0 Å². The first kappa shape index (κ1) is 8.54. The van der Waals surface area contributed by atoms with Crippen LogP contribution in [0.1, 0.15) is 6.92 Å². The molecular weight excluding hydrogens is 147 g/mol. The summed E-state index contributed by atoms with van der Waals surface area (Å²) in [5.41, 5.74) is 0. The molecule has 0 aromatic carbocycles. The number of alkyl halides is 2. The Morgan fingerprint density at radius 2 is 2.12 bits per heavy atom. The Hall–Kier alpha value is 0.540. The van der Waals surface area contributed by atoms with Crippen LogP contribution in [0.2, 0.25) is 0 Å². The predicted molar refractivity (Wildman–Crippen MR) is 36.6 cm³/mol. The van der Waals surface area contributed by atoms with Crippen molar-refractivity contribution in [1.82, 2.24) is 0 Å². The smallest absolute Gasteiger partial charge is 0.0518 e. The normalized spacial score (nSPS) is 18.0. The van der Waals surface area contributed by atoms with Gasteiger partial charge < -0.3 is 5.11 Å². The zero-order valence-corrected chi connectivity index (χ0v) is 6.28. The van der Waals surface area contributed by atoms with Crippen LogP contribution in [0.4, 0.5) is 0 Å². The molecule has 2 unspecified atom stereocenters. The molecule has 2 atom stereocenters. The molecule has 0 spiro atoms. The molecule has 0 heterocycles. The first-order valence-corrected chi connectivity index (χ1v) is 3.50. The minimum absolute atomic E-state index is 0.0957. The maximum absolute atomic E-state index is 8.49. The summed E-state index contributed by atoms with van der Waals surface area (Å²) in [5, 5.41) is 8.40. The second-order valence-electron chi connectivity index (χ2n) is 1.83. The third kappa shape index (κ3) is 2.75. The van der Waals surface area contributed by atoms with E-state index in [0.717, 1.165) is 0 Å². The molecule has 0 aliphatic carbocycles. The summed E-state index contributed by atoms with van der Waals surface area (Å²) in [5.74, 6) is 0.512. The lowest BCUT2D eigenvalue weighted by Gasteiger charge is -2.10. The molecule has 0 saturated heterocycles. The van der Waals surface area contributed by atoms with Crippen molar-refractivity contribution in [3.05, 3.63) is 0 Å². The number of aliphatic hydroxyl groups is 1. The van der Waals surface area contributed by atoms with Gasteiger partial charge in [0.25, 0.3) is 0 Å². The van der Waals surface area contributed by atoms with E-state index >= 15 is 0 Å². The monoisotopic (exact) mass is 156 g/mol. The molecule has 1 N–H and O–H groups in total. The van der Waals surface area contributed by atoms with Crippen LogP contribution in [0.15, 0.2) is 0 Å². The van der Waals surface area contributed by atoms with E-state index in [9.17, 15) is 0 Å². The highest BCUT2D eigenvalue weighted by molar-refractivity contribution is 6.28. The number of aliphatic hydroxyl groups excluding tert-OH is 1. The van der Waals surface area contributed by atoms with E-state index in [2.05, 4.69) is 0 Å². The van der Waals surface area contributed by atoms with Gasteiger partial charge in [0.15, 0.2) is 0 Å². The molecule has 0 radical (unpaired) electrons. The Balaban J connectivity index is 3.29. The third-order valence-corrected chi connectivity index (χ3v) is 2.13. The highest BCUT2D eigenvalue weighted by atomic mass is 35.5. The molecule has 0 aromatic rings. The van der Waals surface area contributed by atoms with Gasteiger partial charge in [-0.05, 0) is 5.92 Å². The molecule has 1 nitrogen and oxygen atoms in total. The van der Waals surface area contributed by atoms with Crippen molar-refractivity contribution < 1.29 is 5.11 Å². The van der Waals surface area contributed by atoms with Crippen molar-refractivity contribution in [1.29, 1.82) is 0 Å². The van der Waals surface area contributed by atoms with Gasteiger partial charge in [0.2, 0.25) is 0 Å². The van der Waals surface area contributed by atoms with Crippen LogP contribution in [-0.2, 0) is 0 Å². The molecule has 0 aliphatic rings. The third-order valence-electron chi connectivity index (χ3n) is 1.05. The van der Waals surface area contributed by atoms with Crippen molar-refractivity contribution in [3.63, 3.8) is 0 Å². The summed E-state index contributed by atoms with van der Waals surface area (Å²) in [7, 11) is 0. The second kappa shape index (κ2) is 4.42. The van der Waals surface area contributed by atoms with Crippen molar-refractivity contribution in [2.45, 2.75) is 12.3 Å². The fraction of sp³-hybridized carbons (Fsp3) is 1.00. The molecule has 8 heavy (non-hydrogen) atoms. The Morgan fingerprint density at radius 3 is 2.25 bits per heavy atom. The molecule has 0 fully saturated rings. The molecule has 0 rings (SSSR count). The van der Waals surface area contributed by atoms with Crippen molar-refractivity contribution in [2.75, 3.05) is 12.5 Å². The Morgan fingerprint density at radius 1 is 1.62 bits per heavy atom. The van der Waals surface area contributed by atoms with E-state index in [1.165, 1.54) is 0 Å². The topological polar surface area (TPSA) is 20.2 Å². The van der Waals surface area contributed by atoms with Gasteiger partial charge in [0.05, 0.1) is 5.38 Å². The lowest BCUT2D eigenvalue weighted by atomic mass is 10.1. The van der Waals surface area contributed by atoms with E-state index in [1.54, 1.807) is 0 Å². The maximum Gasteiger partial charge on any atom is 0.0518 e. The maximum atomic E-state index is 8.49. The quantitative estimate of drug-likeness (QED) is 0.615. The fourth-order valence-corrected chi connectivity index (χ4v) is 0.650. The summed E-state index contributed by atoms with van der Waals surface area (Å²) < 4.78 is 0. The first-order valence-electron chi connectivity index (χ1n) is 2.53. The lowest BCUT2D eigenvalue weighted by molar-refractivity contribution is 0.237. The molecule has 0 saturated carbocycles. The van der Waals surface area contributed by atoms with Crippen molar-refractivity contribution in [2.24, 2.45) is 5.92 Å². The van der Waals surface area contributed by atoms with Gasteiger partial charge in [0, 0.05) is 12.5 Å². The minimum Gasteiger partial charge on any atom is -0.396 e. The van der Waals surface area contributed by atoms with Crippen LogP contribution >= 0.6 is 23.2 Å². The van der Waals surface area contributed by atoms with Gasteiger partial charge in [-0.3, -0.25) is 0 Å². The molecule has 3 heteroatoms. The second-order valence-corrected chi connectivity index (χ2v) is 2.70. The summed E-state index contributed by atoms with van der Waals surface area (Å²) in [6.45, 7) is 1.97. The van der Waals surface area contributed by atoms with Crippen LogP contribution in [0.25, 0.3) is 0 Å². The van der Waals surface area contributed by atoms with Gasteiger partial charge in [-0.25, -0.2) is 0 Å². The zero-order valence-electron chi connectivity index (χ0n) is 4.77. The predicted octanol–water partition coefficient (Wildman–Crippen LogP) is 1.46. The number of hydrogen-bond donors (Lipinski definition) is 1. The number of hydrogen-bond acceptors (Lipinski definition) is 1. The van der Waals surface area contributed by atoms with E-state index in [4.69, 9.17) is 28.3 Å². The SMILES string of the molecule is CC(CO)C(Cl)CCl. The van der Waals surface area contributed by atoms with Gasteiger partial charge in [-0.2, -0.15) is 0 Å². The standard InChI is InChI=1S/C5H10Cl2O/c1-4(3-8)5(7)2-6/h4-5,8H,2-3H2,1H3. The average Bonchev–Trinajstić information content (AvgIpc) is 1.84. The molecule has 50 valence electrons. The van der Waals surface area contributed by atoms with E-state index in [1.807, 2.05) is 6.92 Å². The van der Waals surface area contributed by atoms with Crippen LogP contribution in [0.5, 0.6) is 0 Å². The molecular formula is C5H10Cl2O. The molecule has 0 aromatic heterocycles. The van der Waals surface area contributed by atoms with Crippen molar-refractivity contribution in [3.8, 4) is 0 Å². The molecule has 0 amide bonds. The van der Waals surface area contributed by atoms with Gasteiger partial charge in [0.1, 0.15) is 0 Å². The Labute approximate surface area is 59.6 Å². The van der Waals surface area contributed by atoms with Gasteiger partial charge in [-0.15, -0.1) is 23.2 Å². The van der Waals surface area contributed by atoms with Gasteiger partial charge in [-0.1, -0.05) is 6.92 Å². The van der Waals surface area contributed by atoms with Crippen LogP contribution in [0.3, 0.4) is 0 Å². The number of halogens is 2. The summed E-state index contributed by atoms with van der Waals surface area (Å²) >= 11 is 11.0. The van der Waals surface area contributed by atoms with Crippen LogP contribution < -0.4 is 0 Å². The van der Waals surface area contributed by atoms with Gasteiger partial charge >= 0.3 is 0 Å². The molecule has 0 bridgehead atoms. The van der Waals surface area contributed by atoms with Crippen LogP contribution in [0, 0.1) is 5.92 Å². The van der Waals surface area contributed by atoms with E-state index in [-0.39, 0.29) is 17.9 Å². The van der Waals surface area contributed by atoms with Crippen molar-refractivity contribution >= 4 is 23.2 Å². The Bertz CT molecular complexity index is 50.4. The number of rotatable bonds is 3. The zero-order chi connectivity index (χ0) is 6.57. The minimum atomic E-state index is -0.0957. The Kier molecular flexibility index (Phi) is 4.72. The first-order chi connectivity index (χ1) is 3.72. The fourth-order valence-electron chi connectivity index (χ4n) is 0.266. The average molecular weight is 157 g/mol. The largest absolute Gasteiger partial charge is 0.396 e. The highest BCUT2D eigenvalue weighted by Crippen LogP contribution is 2.10. The summed E-state index contributed by atoms with van der Waals surface area (Å²) in [6, 6.07) is 0. The highest BCUT2D eigenvalue weighted by Gasteiger charge is 2.10. The summed E-state index contributed by atoms with van der Waals surface area (Å²) in [4.78, 5) is 0. The summed E-state index contributed by atoms with van der Waals surface area (Å²) in [6.07, 6.45) is 0. The van der Waals surface area contributed by atoms with E-state index in [0.29, 0.717) is 5.88 Å². The lowest BCUT2D eigenvalue weighted by Crippen LogP contribution is -2.16.